The molecule has 0 spiro atoms. The number of esters is 1. The molecule has 0 N–H and O–H groups in total. The minimum Gasteiger partial charge on any atom is -0.465 e. The summed E-state index contributed by atoms with van der Waals surface area (Å²) in [6.07, 6.45) is 1.73. The van der Waals surface area contributed by atoms with Crippen LogP contribution >= 0.6 is 0 Å². The molecule has 4 heteroatoms. The van der Waals surface area contributed by atoms with Gasteiger partial charge in [-0.1, -0.05) is 48.5 Å². The van der Waals surface area contributed by atoms with Crippen LogP contribution in [0.4, 0.5) is 0 Å². The Morgan fingerprint density at radius 1 is 0.958 bits per heavy atom. The number of aromatic nitrogens is 2. The number of carbonyl (C=O) groups excluding carboxylic acids is 1. The van der Waals surface area contributed by atoms with Crippen molar-refractivity contribution in [1.82, 2.24) is 9.97 Å². The van der Waals surface area contributed by atoms with Gasteiger partial charge in [0.05, 0.1) is 29.4 Å². The standard InChI is InChI=1S/C20H14N2O2/c1-24-20(23)16-12-17(13-6-3-2-4-7-13)22-19-15(16)10-9-14-8-5-11-21-18(14)19/h2-12H,1H3. The van der Waals surface area contributed by atoms with Gasteiger partial charge in [-0.25, -0.2) is 9.78 Å². The number of ether oxygens (including phenoxy) is 1. The molecular weight excluding hydrogens is 300 g/mol. The Bertz CT molecular complexity index is 1060. The zero-order chi connectivity index (χ0) is 16.5. The van der Waals surface area contributed by atoms with Crippen LogP contribution in [0.2, 0.25) is 0 Å². The molecule has 0 unspecified atom stereocenters. The van der Waals surface area contributed by atoms with Crippen molar-refractivity contribution in [3.8, 4) is 11.3 Å². The zero-order valence-electron chi connectivity index (χ0n) is 13.1. The highest BCUT2D eigenvalue weighted by Gasteiger charge is 2.16. The highest BCUT2D eigenvalue weighted by molar-refractivity contribution is 6.12. The topological polar surface area (TPSA) is 52.1 Å². The van der Waals surface area contributed by atoms with E-state index in [0.717, 1.165) is 27.5 Å². The van der Waals surface area contributed by atoms with Gasteiger partial charge in [0.15, 0.2) is 0 Å². The van der Waals surface area contributed by atoms with E-state index < -0.39 is 0 Å². The molecule has 0 radical (unpaired) electrons. The van der Waals surface area contributed by atoms with Crippen LogP contribution in [0.1, 0.15) is 10.4 Å². The molecule has 4 rings (SSSR count). The lowest BCUT2D eigenvalue weighted by molar-refractivity contribution is 0.0603. The van der Waals surface area contributed by atoms with Crippen molar-refractivity contribution in [2.45, 2.75) is 0 Å². The minimum absolute atomic E-state index is 0.380. The van der Waals surface area contributed by atoms with Crippen LogP contribution in [0.15, 0.2) is 66.9 Å². The van der Waals surface area contributed by atoms with E-state index in [-0.39, 0.29) is 5.97 Å². The molecule has 0 saturated carbocycles. The van der Waals surface area contributed by atoms with Crippen LogP contribution in [0.5, 0.6) is 0 Å². The average molecular weight is 314 g/mol. The molecule has 24 heavy (non-hydrogen) atoms. The molecule has 4 nitrogen and oxygen atoms in total. The Balaban J connectivity index is 2.12. The van der Waals surface area contributed by atoms with E-state index in [4.69, 9.17) is 9.72 Å². The summed E-state index contributed by atoms with van der Waals surface area (Å²) in [5.74, 6) is -0.380. The third-order valence-corrected chi connectivity index (χ3v) is 4.03. The summed E-state index contributed by atoms with van der Waals surface area (Å²) in [6, 6.07) is 19.3. The van der Waals surface area contributed by atoms with E-state index in [1.807, 2.05) is 54.6 Å². The van der Waals surface area contributed by atoms with Gasteiger partial charge in [-0.15, -0.1) is 0 Å². The first kappa shape index (κ1) is 14.3. The largest absolute Gasteiger partial charge is 0.465 e. The van der Waals surface area contributed by atoms with Crippen LogP contribution in [0.3, 0.4) is 0 Å². The quantitative estimate of drug-likeness (QED) is 0.410. The van der Waals surface area contributed by atoms with E-state index in [0.29, 0.717) is 11.1 Å². The third kappa shape index (κ3) is 2.29. The lowest BCUT2D eigenvalue weighted by Gasteiger charge is -2.10. The Morgan fingerprint density at radius 3 is 2.58 bits per heavy atom. The maximum Gasteiger partial charge on any atom is 0.338 e. The highest BCUT2D eigenvalue weighted by Crippen LogP contribution is 2.29. The Morgan fingerprint density at radius 2 is 1.79 bits per heavy atom. The number of fused-ring (bicyclic) bond motifs is 3. The number of hydrogen-bond acceptors (Lipinski definition) is 4. The van der Waals surface area contributed by atoms with E-state index in [1.54, 1.807) is 12.3 Å². The van der Waals surface area contributed by atoms with E-state index >= 15 is 0 Å². The molecule has 0 amide bonds. The molecule has 0 atom stereocenters. The van der Waals surface area contributed by atoms with Crippen LogP contribution in [-0.2, 0) is 4.74 Å². The monoisotopic (exact) mass is 314 g/mol. The van der Waals surface area contributed by atoms with Gasteiger partial charge in [0.1, 0.15) is 0 Å². The van der Waals surface area contributed by atoms with Gasteiger partial charge in [0.25, 0.3) is 0 Å². The average Bonchev–Trinajstić information content (AvgIpc) is 2.67. The molecule has 0 aliphatic rings. The number of carbonyl (C=O) groups is 1. The van der Waals surface area contributed by atoms with Crippen molar-refractivity contribution in [2.75, 3.05) is 7.11 Å². The second-order valence-electron chi connectivity index (χ2n) is 5.45. The van der Waals surface area contributed by atoms with Gasteiger partial charge in [-0.3, -0.25) is 4.98 Å². The predicted molar refractivity (Wildman–Crippen MR) is 93.8 cm³/mol. The number of rotatable bonds is 2. The summed E-state index contributed by atoms with van der Waals surface area (Å²) in [5.41, 5.74) is 3.64. The lowest BCUT2D eigenvalue weighted by Crippen LogP contribution is -2.04. The minimum atomic E-state index is -0.380. The summed E-state index contributed by atoms with van der Waals surface area (Å²) >= 11 is 0. The number of nitrogens with zero attached hydrogens (tertiary/aromatic N) is 2. The molecule has 2 heterocycles. The Kier molecular flexibility index (Phi) is 3.43. The predicted octanol–water partition coefficient (Wildman–Crippen LogP) is 4.24. The fraction of sp³-hybridized carbons (Fsp3) is 0.0500. The summed E-state index contributed by atoms with van der Waals surface area (Å²) in [7, 11) is 1.39. The molecule has 0 aliphatic carbocycles. The van der Waals surface area contributed by atoms with Gasteiger partial charge in [-0.05, 0) is 12.1 Å². The molecule has 2 aromatic carbocycles. The van der Waals surface area contributed by atoms with Crippen LogP contribution < -0.4 is 0 Å². The van der Waals surface area contributed by atoms with Gasteiger partial charge >= 0.3 is 5.97 Å². The van der Waals surface area contributed by atoms with Crippen molar-refractivity contribution in [3.05, 3.63) is 72.4 Å². The summed E-state index contributed by atoms with van der Waals surface area (Å²) in [6.45, 7) is 0. The second kappa shape index (κ2) is 5.74. The molecule has 0 aliphatic heterocycles. The fourth-order valence-electron chi connectivity index (χ4n) is 2.86. The molecular formula is C20H14N2O2. The molecule has 0 bridgehead atoms. The van der Waals surface area contributed by atoms with Gasteiger partial charge < -0.3 is 4.74 Å². The van der Waals surface area contributed by atoms with E-state index in [9.17, 15) is 4.79 Å². The normalized spacial score (nSPS) is 10.9. The van der Waals surface area contributed by atoms with Gasteiger partial charge in [0.2, 0.25) is 0 Å². The maximum absolute atomic E-state index is 12.3. The molecule has 2 aromatic heterocycles. The molecule has 0 saturated heterocycles. The van der Waals surface area contributed by atoms with E-state index in [2.05, 4.69) is 4.98 Å². The Labute approximate surface area is 138 Å². The van der Waals surface area contributed by atoms with Crippen molar-refractivity contribution >= 4 is 27.8 Å². The van der Waals surface area contributed by atoms with Gasteiger partial charge in [0, 0.05) is 22.5 Å². The smallest absolute Gasteiger partial charge is 0.338 e. The SMILES string of the molecule is COC(=O)c1cc(-c2ccccc2)nc2c1ccc1cccnc12. The van der Waals surface area contributed by atoms with Crippen molar-refractivity contribution in [2.24, 2.45) is 0 Å². The van der Waals surface area contributed by atoms with Crippen LogP contribution in [-0.4, -0.2) is 23.0 Å². The van der Waals surface area contributed by atoms with E-state index in [1.165, 1.54) is 7.11 Å². The maximum atomic E-state index is 12.3. The molecule has 4 aromatic rings. The van der Waals surface area contributed by atoms with Crippen LogP contribution in [0, 0.1) is 0 Å². The van der Waals surface area contributed by atoms with Gasteiger partial charge in [-0.2, -0.15) is 0 Å². The molecule has 0 fully saturated rings. The first-order chi connectivity index (χ1) is 11.8. The highest BCUT2D eigenvalue weighted by atomic mass is 16.5. The number of hydrogen-bond donors (Lipinski definition) is 0. The van der Waals surface area contributed by atoms with Crippen molar-refractivity contribution in [1.29, 1.82) is 0 Å². The first-order valence-electron chi connectivity index (χ1n) is 7.60. The third-order valence-electron chi connectivity index (χ3n) is 4.03. The lowest BCUT2D eigenvalue weighted by atomic mass is 10.0. The van der Waals surface area contributed by atoms with Crippen LogP contribution in [0.25, 0.3) is 33.1 Å². The van der Waals surface area contributed by atoms with Crippen molar-refractivity contribution < 1.29 is 9.53 Å². The Hall–Kier alpha value is -3.27. The number of pyridine rings is 2. The summed E-state index contributed by atoms with van der Waals surface area (Å²) in [4.78, 5) is 21.5. The number of methoxy groups -OCH3 is 1. The fourth-order valence-corrected chi connectivity index (χ4v) is 2.86. The first-order valence-corrected chi connectivity index (χ1v) is 7.60. The zero-order valence-corrected chi connectivity index (χ0v) is 13.1. The summed E-state index contributed by atoms with van der Waals surface area (Å²) in [5, 5.41) is 1.73. The molecule has 116 valence electrons. The van der Waals surface area contributed by atoms with Crippen molar-refractivity contribution in [3.63, 3.8) is 0 Å². The summed E-state index contributed by atoms with van der Waals surface area (Å²) < 4.78 is 4.96. The number of benzene rings is 2. The second-order valence-corrected chi connectivity index (χ2v) is 5.45.